The Balaban J connectivity index is 2.41. The van der Waals surface area contributed by atoms with Gasteiger partial charge in [0.1, 0.15) is 0 Å². The highest BCUT2D eigenvalue weighted by Crippen LogP contribution is 2.17. The van der Waals surface area contributed by atoms with Gasteiger partial charge in [-0.1, -0.05) is 30.3 Å². The van der Waals surface area contributed by atoms with E-state index in [1.165, 1.54) is 13.2 Å². The van der Waals surface area contributed by atoms with Gasteiger partial charge in [0.25, 0.3) is 5.91 Å². The number of aromatic nitrogens is 2. The second-order valence-corrected chi connectivity index (χ2v) is 3.43. The summed E-state index contributed by atoms with van der Waals surface area (Å²) in [5, 5.41) is 2.46. The maximum absolute atomic E-state index is 11.4. The number of carbonyl (C=O) groups excluding carboxylic acids is 1. The maximum atomic E-state index is 11.4. The summed E-state index contributed by atoms with van der Waals surface area (Å²) in [7, 11) is 1.52. The van der Waals surface area contributed by atoms with E-state index in [4.69, 9.17) is 5.73 Å². The van der Waals surface area contributed by atoms with Crippen LogP contribution >= 0.6 is 0 Å². The van der Waals surface area contributed by atoms with Gasteiger partial charge in [-0.15, -0.1) is 0 Å². The Morgan fingerprint density at radius 2 is 2.00 bits per heavy atom. The van der Waals surface area contributed by atoms with Crippen molar-refractivity contribution in [1.29, 1.82) is 0 Å². The Morgan fingerprint density at radius 3 is 2.59 bits per heavy atom. The number of nitrogens with one attached hydrogen (secondary N) is 1. The standard InChI is InChI=1S/C12H12N4O/c1-14-12(17)10-11(13)16-9(7-15-10)8-5-3-2-4-6-8/h2-7H,1H3,(H2,13,16)(H,14,17). The fourth-order valence-electron chi connectivity index (χ4n) is 1.44. The quantitative estimate of drug-likeness (QED) is 0.806. The molecule has 86 valence electrons. The molecule has 0 aliphatic heterocycles. The number of hydrogen-bond donors (Lipinski definition) is 2. The zero-order chi connectivity index (χ0) is 12.3. The molecule has 0 radical (unpaired) electrons. The number of nitrogens with zero attached hydrogens (tertiary/aromatic N) is 2. The molecule has 0 bridgehead atoms. The molecule has 5 heteroatoms. The van der Waals surface area contributed by atoms with Crippen LogP contribution in [0.3, 0.4) is 0 Å². The first-order valence-corrected chi connectivity index (χ1v) is 5.12. The minimum Gasteiger partial charge on any atom is -0.382 e. The van der Waals surface area contributed by atoms with Crippen LogP contribution < -0.4 is 11.1 Å². The van der Waals surface area contributed by atoms with Gasteiger partial charge in [0, 0.05) is 12.6 Å². The van der Waals surface area contributed by atoms with E-state index in [1.54, 1.807) is 0 Å². The van der Waals surface area contributed by atoms with Crippen LogP contribution in [0.25, 0.3) is 11.3 Å². The number of carbonyl (C=O) groups is 1. The number of rotatable bonds is 2. The molecule has 1 aromatic heterocycles. The van der Waals surface area contributed by atoms with Gasteiger partial charge in [-0.3, -0.25) is 4.79 Å². The third-order valence-corrected chi connectivity index (χ3v) is 2.31. The van der Waals surface area contributed by atoms with E-state index in [1.807, 2.05) is 30.3 Å². The normalized spacial score (nSPS) is 9.94. The molecule has 5 nitrogen and oxygen atoms in total. The van der Waals surface area contributed by atoms with Crippen LogP contribution in [0.2, 0.25) is 0 Å². The van der Waals surface area contributed by atoms with Crippen LogP contribution in [0.1, 0.15) is 10.5 Å². The highest BCUT2D eigenvalue weighted by Gasteiger charge is 2.11. The van der Waals surface area contributed by atoms with Gasteiger partial charge < -0.3 is 11.1 Å². The maximum Gasteiger partial charge on any atom is 0.273 e. The summed E-state index contributed by atoms with van der Waals surface area (Å²) in [6, 6.07) is 9.53. The van der Waals surface area contributed by atoms with Gasteiger partial charge in [0.05, 0.1) is 11.9 Å². The summed E-state index contributed by atoms with van der Waals surface area (Å²) in [6.45, 7) is 0. The Bertz CT molecular complexity index is 539. The summed E-state index contributed by atoms with van der Waals surface area (Å²) >= 11 is 0. The van der Waals surface area contributed by atoms with E-state index < -0.39 is 0 Å². The number of hydrogen-bond acceptors (Lipinski definition) is 4. The van der Waals surface area contributed by atoms with Crippen molar-refractivity contribution in [3.8, 4) is 11.3 Å². The van der Waals surface area contributed by atoms with E-state index in [0.29, 0.717) is 5.69 Å². The van der Waals surface area contributed by atoms with Crippen molar-refractivity contribution in [2.24, 2.45) is 0 Å². The van der Waals surface area contributed by atoms with Gasteiger partial charge in [0.2, 0.25) is 0 Å². The van der Waals surface area contributed by atoms with Crippen LogP contribution in [0.5, 0.6) is 0 Å². The van der Waals surface area contributed by atoms with Gasteiger partial charge in [-0.05, 0) is 0 Å². The first kappa shape index (κ1) is 11.1. The monoisotopic (exact) mass is 228 g/mol. The van der Waals surface area contributed by atoms with Crippen LogP contribution in [0.4, 0.5) is 5.82 Å². The summed E-state index contributed by atoms with van der Waals surface area (Å²) < 4.78 is 0. The lowest BCUT2D eigenvalue weighted by atomic mass is 10.1. The minimum absolute atomic E-state index is 0.130. The fourth-order valence-corrected chi connectivity index (χ4v) is 1.44. The van der Waals surface area contributed by atoms with E-state index in [-0.39, 0.29) is 17.4 Å². The molecule has 0 saturated carbocycles. The topological polar surface area (TPSA) is 80.9 Å². The summed E-state index contributed by atoms with van der Waals surface area (Å²) in [5.74, 6) is -0.208. The lowest BCUT2D eigenvalue weighted by Gasteiger charge is -2.05. The van der Waals surface area contributed by atoms with Crippen molar-refractivity contribution in [3.63, 3.8) is 0 Å². The zero-order valence-electron chi connectivity index (χ0n) is 9.34. The van der Waals surface area contributed by atoms with E-state index in [2.05, 4.69) is 15.3 Å². The second kappa shape index (κ2) is 4.61. The molecule has 0 saturated heterocycles. The number of nitrogen functional groups attached to an aromatic ring is 1. The number of amides is 1. The molecular formula is C12H12N4O. The average Bonchev–Trinajstić information content (AvgIpc) is 2.39. The molecule has 0 unspecified atom stereocenters. The molecule has 1 aromatic carbocycles. The predicted octanol–water partition coefficient (Wildman–Crippen LogP) is 1.09. The Morgan fingerprint density at radius 1 is 1.29 bits per heavy atom. The highest BCUT2D eigenvalue weighted by molar-refractivity contribution is 5.96. The van der Waals surface area contributed by atoms with Crippen LogP contribution in [0, 0.1) is 0 Å². The third kappa shape index (κ3) is 2.23. The molecule has 1 amide bonds. The molecule has 0 aliphatic carbocycles. The van der Waals surface area contributed by atoms with Crippen molar-refractivity contribution in [3.05, 3.63) is 42.2 Å². The van der Waals surface area contributed by atoms with Crippen molar-refractivity contribution in [2.75, 3.05) is 12.8 Å². The molecule has 0 aliphatic rings. The van der Waals surface area contributed by atoms with Gasteiger partial charge in [-0.25, -0.2) is 9.97 Å². The van der Waals surface area contributed by atoms with Crippen molar-refractivity contribution in [2.45, 2.75) is 0 Å². The molecule has 0 atom stereocenters. The van der Waals surface area contributed by atoms with E-state index >= 15 is 0 Å². The predicted molar refractivity (Wildman–Crippen MR) is 65.3 cm³/mol. The van der Waals surface area contributed by atoms with E-state index in [0.717, 1.165) is 5.56 Å². The molecule has 1 heterocycles. The second-order valence-electron chi connectivity index (χ2n) is 3.43. The first-order valence-electron chi connectivity index (χ1n) is 5.12. The lowest BCUT2D eigenvalue weighted by Crippen LogP contribution is -2.21. The SMILES string of the molecule is CNC(=O)c1ncc(-c2ccccc2)nc1N. The zero-order valence-corrected chi connectivity index (χ0v) is 9.34. The first-order chi connectivity index (χ1) is 8.22. The van der Waals surface area contributed by atoms with Crippen LogP contribution in [-0.2, 0) is 0 Å². The highest BCUT2D eigenvalue weighted by atomic mass is 16.1. The Kier molecular flexibility index (Phi) is 3.00. The average molecular weight is 228 g/mol. The number of anilines is 1. The van der Waals surface area contributed by atoms with Crippen molar-refractivity contribution >= 4 is 11.7 Å². The Labute approximate surface area is 98.7 Å². The summed E-state index contributed by atoms with van der Waals surface area (Å²) in [4.78, 5) is 19.6. The Hall–Kier alpha value is -2.43. The van der Waals surface area contributed by atoms with Crippen molar-refractivity contribution in [1.82, 2.24) is 15.3 Å². The smallest absolute Gasteiger partial charge is 0.273 e. The van der Waals surface area contributed by atoms with Gasteiger partial charge in [0.15, 0.2) is 11.5 Å². The third-order valence-electron chi connectivity index (χ3n) is 2.31. The summed E-state index contributed by atoms with van der Waals surface area (Å²) in [5.41, 5.74) is 7.41. The van der Waals surface area contributed by atoms with Gasteiger partial charge >= 0.3 is 0 Å². The molecule has 2 rings (SSSR count). The van der Waals surface area contributed by atoms with Crippen LogP contribution in [-0.4, -0.2) is 22.9 Å². The van der Waals surface area contributed by atoms with Crippen LogP contribution in [0.15, 0.2) is 36.5 Å². The lowest BCUT2D eigenvalue weighted by molar-refractivity contribution is 0.0959. The molecule has 0 fully saturated rings. The van der Waals surface area contributed by atoms with Gasteiger partial charge in [-0.2, -0.15) is 0 Å². The molecule has 3 N–H and O–H groups in total. The fraction of sp³-hybridized carbons (Fsp3) is 0.0833. The molecule has 2 aromatic rings. The minimum atomic E-state index is -0.338. The molecular weight excluding hydrogens is 216 g/mol. The number of benzene rings is 1. The molecule has 17 heavy (non-hydrogen) atoms. The largest absolute Gasteiger partial charge is 0.382 e. The number of nitrogens with two attached hydrogens (primary N) is 1. The van der Waals surface area contributed by atoms with Crippen molar-refractivity contribution < 1.29 is 4.79 Å². The summed E-state index contributed by atoms with van der Waals surface area (Å²) in [6.07, 6.45) is 1.54. The molecule has 0 spiro atoms. The van der Waals surface area contributed by atoms with E-state index in [9.17, 15) is 4.79 Å².